The molecule has 3 heterocycles. The molecule has 21 heavy (non-hydrogen) atoms. The smallest absolute Gasteiger partial charge is 0.143 e. The van der Waals surface area contributed by atoms with Crippen molar-refractivity contribution in [2.45, 2.75) is 19.9 Å². The molecule has 0 saturated carbocycles. The molecule has 0 saturated heterocycles. The Kier molecular flexibility index (Phi) is 3.90. The molecule has 0 aliphatic carbocycles. The second-order valence-corrected chi connectivity index (χ2v) is 6.27. The van der Waals surface area contributed by atoms with Gasteiger partial charge in [0.1, 0.15) is 17.8 Å². The van der Waals surface area contributed by atoms with Crippen LogP contribution >= 0.6 is 11.3 Å². The highest BCUT2D eigenvalue weighted by atomic mass is 32.1. The minimum absolute atomic E-state index is 0.0248. The highest BCUT2D eigenvalue weighted by Crippen LogP contribution is 2.29. The van der Waals surface area contributed by atoms with E-state index in [1.54, 1.807) is 11.3 Å². The van der Waals surface area contributed by atoms with Crippen LogP contribution in [0.15, 0.2) is 29.9 Å². The van der Waals surface area contributed by atoms with Crippen molar-refractivity contribution in [3.8, 4) is 10.6 Å². The fourth-order valence-corrected chi connectivity index (χ4v) is 2.92. The minimum Gasteiger partial charge on any atom is -0.394 e. The van der Waals surface area contributed by atoms with Crippen LogP contribution in [0.1, 0.15) is 13.8 Å². The van der Waals surface area contributed by atoms with E-state index in [1.807, 2.05) is 11.4 Å². The van der Waals surface area contributed by atoms with E-state index in [0.29, 0.717) is 5.92 Å². The number of aromatic amines is 1. The molecule has 0 bridgehead atoms. The van der Waals surface area contributed by atoms with Gasteiger partial charge in [0.15, 0.2) is 0 Å². The summed E-state index contributed by atoms with van der Waals surface area (Å²) in [5, 5.41) is 15.8. The molecule has 0 aliphatic rings. The molecule has 5 nitrogen and oxygen atoms in total. The Balaban J connectivity index is 2.00. The standard InChI is InChI=1S/C15H18N4OS/c1-9(2)12(7-20)19-15-10-6-11(13-4-3-5-21-13)18-14(10)16-8-17-15/h3-6,8-9,12,20H,7H2,1-2H3,(H2,16,17,18,19). The van der Waals surface area contributed by atoms with Gasteiger partial charge < -0.3 is 15.4 Å². The van der Waals surface area contributed by atoms with Crippen LogP contribution < -0.4 is 5.32 Å². The summed E-state index contributed by atoms with van der Waals surface area (Å²) < 4.78 is 0. The monoisotopic (exact) mass is 302 g/mol. The van der Waals surface area contributed by atoms with Crippen LogP contribution in [0, 0.1) is 5.92 Å². The van der Waals surface area contributed by atoms with Gasteiger partial charge in [-0.2, -0.15) is 0 Å². The molecule has 0 radical (unpaired) electrons. The Morgan fingerprint density at radius 2 is 2.24 bits per heavy atom. The van der Waals surface area contributed by atoms with Crippen molar-refractivity contribution >= 4 is 28.2 Å². The van der Waals surface area contributed by atoms with E-state index in [1.165, 1.54) is 11.2 Å². The summed E-state index contributed by atoms with van der Waals surface area (Å²) in [5.41, 5.74) is 1.84. The number of H-pyrrole nitrogens is 1. The van der Waals surface area contributed by atoms with Crippen LogP contribution in [0.25, 0.3) is 21.6 Å². The van der Waals surface area contributed by atoms with Crippen LogP contribution in [-0.4, -0.2) is 32.7 Å². The molecule has 0 amide bonds. The Bertz CT molecular complexity index is 720. The summed E-state index contributed by atoms with van der Waals surface area (Å²) in [5.74, 6) is 1.07. The number of fused-ring (bicyclic) bond motifs is 1. The molecule has 0 aromatic carbocycles. The lowest BCUT2D eigenvalue weighted by Crippen LogP contribution is -2.29. The Hall–Kier alpha value is -1.92. The third kappa shape index (κ3) is 2.77. The molecule has 110 valence electrons. The molecule has 3 rings (SSSR count). The van der Waals surface area contributed by atoms with E-state index in [0.717, 1.165) is 22.5 Å². The zero-order valence-electron chi connectivity index (χ0n) is 12.0. The number of thiophene rings is 1. The van der Waals surface area contributed by atoms with Gasteiger partial charge in [0, 0.05) is 0 Å². The SMILES string of the molecule is CC(C)C(CO)Nc1ncnc2[nH]c(-c3cccs3)cc12. The Morgan fingerprint density at radius 3 is 2.90 bits per heavy atom. The highest BCUT2D eigenvalue weighted by Gasteiger charge is 2.16. The van der Waals surface area contributed by atoms with Crippen LogP contribution in [0.2, 0.25) is 0 Å². The maximum absolute atomic E-state index is 9.47. The predicted molar refractivity (Wildman–Crippen MR) is 86.5 cm³/mol. The quantitative estimate of drug-likeness (QED) is 0.677. The average molecular weight is 302 g/mol. The van der Waals surface area contributed by atoms with Gasteiger partial charge in [-0.05, 0) is 23.4 Å². The van der Waals surface area contributed by atoms with E-state index >= 15 is 0 Å². The van der Waals surface area contributed by atoms with Crippen molar-refractivity contribution in [2.75, 3.05) is 11.9 Å². The highest BCUT2D eigenvalue weighted by molar-refractivity contribution is 7.13. The third-order valence-corrected chi connectivity index (χ3v) is 4.44. The number of aromatic nitrogens is 3. The average Bonchev–Trinajstić information content (AvgIpc) is 3.12. The van der Waals surface area contributed by atoms with Gasteiger partial charge in [-0.25, -0.2) is 9.97 Å². The zero-order chi connectivity index (χ0) is 14.8. The lowest BCUT2D eigenvalue weighted by atomic mass is 10.1. The largest absolute Gasteiger partial charge is 0.394 e. The molecule has 0 aliphatic heterocycles. The molecule has 3 N–H and O–H groups in total. The van der Waals surface area contributed by atoms with E-state index in [4.69, 9.17) is 0 Å². The number of nitrogens with one attached hydrogen (secondary N) is 2. The first-order valence-corrected chi connectivity index (χ1v) is 7.82. The van der Waals surface area contributed by atoms with Gasteiger partial charge in [0.25, 0.3) is 0 Å². The van der Waals surface area contributed by atoms with E-state index in [-0.39, 0.29) is 12.6 Å². The van der Waals surface area contributed by atoms with Gasteiger partial charge >= 0.3 is 0 Å². The number of anilines is 1. The summed E-state index contributed by atoms with van der Waals surface area (Å²) >= 11 is 1.68. The second kappa shape index (κ2) is 5.83. The number of nitrogens with zero attached hydrogens (tertiary/aromatic N) is 2. The van der Waals surface area contributed by atoms with E-state index < -0.39 is 0 Å². The second-order valence-electron chi connectivity index (χ2n) is 5.32. The first-order valence-electron chi connectivity index (χ1n) is 6.94. The lowest BCUT2D eigenvalue weighted by Gasteiger charge is -2.20. The van der Waals surface area contributed by atoms with Crippen molar-refractivity contribution < 1.29 is 5.11 Å². The molecule has 3 aromatic rings. The topological polar surface area (TPSA) is 73.8 Å². The van der Waals surface area contributed by atoms with E-state index in [9.17, 15) is 5.11 Å². The number of rotatable bonds is 5. The number of hydrogen-bond donors (Lipinski definition) is 3. The maximum atomic E-state index is 9.47. The molecule has 6 heteroatoms. The van der Waals surface area contributed by atoms with Gasteiger partial charge in [-0.1, -0.05) is 19.9 Å². The van der Waals surface area contributed by atoms with Crippen LogP contribution in [0.4, 0.5) is 5.82 Å². The number of hydrogen-bond acceptors (Lipinski definition) is 5. The van der Waals surface area contributed by atoms with Gasteiger partial charge in [-0.3, -0.25) is 0 Å². The van der Waals surface area contributed by atoms with Crippen LogP contribution in [-0.2, 0) is 0 Å². The zero-order valence-corrected chi connectivity index (χ0v) is 12.8. The first kappa shape index (κ1) is 14.0. The summed E-state index contributed by atoms with van der Waals surface area (Å²) in [6.45, 7) is 4.21. The number of aliphatic hydroxyl groups excluding tert-OH is 1. The molecule has 1 unspecified atom stereocenters. The summed E-state index contributed by atoms with van der Waals surface area (Å²) in [6.07, 6.45) is 1.54. The van der Waals surface area contributed by atoms with E-state index in [2.05, 4.69) is 46.2 Å². The Labute approximate surface area is 127 Å². The Morgan fingerprint density at radius 1 is 1.38 bits per heavy atom. The summed E-state index contributed by atoms with van der Waals surface area (Å²) in [7, 11) is 0. The molecule has 1 atom stereocenters. The number of aliphatic hydroxyl groups is 1. The molecule has 0 spiro atoms. The fraction of sp³-hybridized carbons (Fsp3) is 0.333. The van der Waals surface area contributed by atoms with Crippen molar-refractivity contribution in [1.29, 1.82) is 0 Å². The van der Waals surface area contributed by atoms with Crippen molar-refractivity contribution in [3.05, 3.63) is 29.9 Å². The van der Waals surface area contributed by atoms with Crippen molar-refractivity contribution in [1.82, 2.24) is 15.0 Å². The lowest BCUT2D eigenvalue weighted by molar-refractivity contribution is 0.249. The van der Waals surface area contributed by atoms with Crippen LogP contribution in [0.3, 0.4) is 0 Å². The third-order valence-electron chi connectivity index (χ3n) is 3.54. The molecule has 0 fully saturated rings. The molecular formula is C15H18N4OS. The molecular weight excluding hydrogens is 284 g/mol. The predicted octanol–water partition coefficient (Wildman–Crippen LogP) is 3.12. The maximum Gasteiger partial charge on any atom is 0.143 e. The van der Waals surface area contributed by atoms with Crippen molar-refractivity contribution in [3.63, 3.8) is 0 Å². The van der Waals surface area contributed by atoms with Gasteiger partial charge in [0.2, 0.25) is 0 Å². The van der Waals surface area contributed by atoms with Gasteiger partial charge in [0.05, 0.1) is 28.6 Å². The normalized spacial score (nSPS) is 13.0. The summed E-state index contributed by atoms with van der Waals surface area (Å²) in [4.78, 5) is 13.1. The fourth-order valence-electron chi connectivity index (χ4n) is 2.22. The molecule has 3 aromatic heterocycles. The van der Waals surface area contributed by atoms with Crippen molar-refractivity contribution in [2.24, 2.45) is 5.92 Å². The minimum atomic E-state index is -0.0248. The first-order chi connectivity index (χ1) is 10.2. The van der Waals surface area contributed by atoms with Crippen LogP contribution in [0.5, 0.6) is 0 Å². The summed E-state index contributed by atoms with van der Waals surface area (Å²) in [6, 6.07) is 6.12. The van der Waals surface area contributed by atoms with Gasteiger partial charge in [-0.15, -0.1) is 11.3 Å².